The van der Waals surface area contributed by atoms with E-state index < -0.39 is 47.4 Å². The number of Topliss-reactive ketones (excluding diaryl/α,β-unsaturated/α-hetero) is 1. The normalized spacial score (nSPS) is 19.7. The molecule has 0 saturated carbocycles. The summed E-state index contributed by atoms with van der Waals surface area (Å²) in [5.41, 5.74) is 1.46. The van der Waals surface area contributed by atoms with Crippen LogP contribution in [0.3, 0.4) is 0 Å². The lowest BCUT2D eigenvalue weighted by molar-refractivity contribution is -0.137. The number of nitrogens with one attached hydrogen (secondary N) is 3. The van der Waals surface area contributed by atoms with Crippen molar-refractivity contribution in [1.29, 1.82) is 0 Å². The summed E-state index contributed by atoms with van der Waals surface area (Å²) in [4.78, 5) is 63.5. The summed E-state index contributed by atoms with van der Waals surface area (Å²) in [7, 11) is 0. The molecule has 4 rings (SSSR count). The molecule has 1 unspecified atom stereocenters. The molecule has 0 spiro atoms. The molecule has 4 atom stereocenters. The van der Waals surface area contributed by atoms with Gasteiger partial charge in [-0.05, 0) is 29.2 Å². The Morgan fingerprint density at radius 2 is 1.62 bits per heavy atom. The van der Waals surface area contributed by atoms with Crippen molar-refractivity contribution in [3.8, 4) is 11.5 Å². The lowest BCUT2D eigenvalue weighted by Gasteiger charge is -2.26. The Hall–Kier alpha value is -4.21. The first kappa shape index (κ1) is 27.8. The van der Waals surface area contributed by atoms with Gasteiger partial charge in [-0.15, -0.1) is 0 Å². The number of fused-ring (bicyclic) bond motifs is 1. The smallest absolute Gasteiger partial charge is 0.238 e. The predicted octanol–water partition coefficient (Wildman–Crippen LogP) is 1.87. The quantitative estimate of drug-likeness (QED) is 0.312. The zero-order valence-electron chi connectivity index (χ0n) is 22.2. The van der Waals surface area contributed by atoms with Gasteiger partial charge in [0.2, 0.25) is 23.6 Å². The van der Waals surface area contributed by atoms with Crippen LogP contribution in [0.5, 0.6) is 11.5 Å². The molecule has 10 nitrogen and oxygen atoms in total. The molecule has 0 radical (unpaired) electrons. The maximum atomic E-state index is 13.2. The van der Waals surface area contributed by atoms with Crippen molar-refractivity contribution in [2.75, 3.05) is 13.2 Å². The molecule has 206 valence electrons. The number of ketones is 1. The summed E-state index contributed by atoms with van der Waals surface area (Å²) in [6.45, 7) is 5.94. The molecule has 2 aromatic rings. The van der Waals surface area contributed by atoms with Crippen LogP contribution >= 0.6 is 0 Å². The van der Waals surface area contributed by atoms with Crippen LogP contribution in [0.1, 0.15) is 44.4 Å². The van der Waals surface area contributed by atoms with Gasteiger partial charge in [0, 0.05) is 0 Å². The Balaban J connectivity index is 1.45. The van der Waals surface area contributed by atoms with Crippen LogP contribution in [0.25, 0.3) is 0 Å². The minimum atomic E-state index is -1.15. The number of ether oxygens (including phenoxy) is 2. The number of imide groups is 1. The molecular weight excluding hydrogens is 502 g/mol. The predicted molar refractivity (Wildman–Crippen MR) is 141 cm³/mol. The van der Waals surface area contributed by atoms with Gasteiger partial charge in [-0.25, -0.2) is 0 Å². The van der Waals surface area contributed by atoms with Gasteiger partial charge in [0.05, 0.1) is 30.8 Å². The summed E-state index contributed by atoms with van der Waals surface area (Å²) < 4.78 is 11.1. The molecule has 39 heavy (non-hydrogen) atoms. The van der Waals surface area contributed by atoms with Crippen LogP contribution in [0, 0.1) is 17.8 Å². The molecule has 3 N–H and O–H groups in total. The first-order valence-corrected chi connectivity index (χ1v) is 13.0. The van der Waals surface area contributed by atoms with Gasteiger partial charge in [-0.2, -0.15) is 0 Å². The number of hydrogen-bond acceptors (Lipinski definition) is 7. The average molecular weight is 536 g/mol. The maximum Gasteiger partial charge on any atom is 0.238 e. The summed E-state index contributed by atoms with van der Waals surface area (Å²) in [5, 5.41) is 7.86. The number of benzene rings is 2. The number of hydrogen-bond donors (Lipinski definition) is 3. The van der Waals surface area contributed by atoms with Gasteiger partial charge in [0.15, 0.2) is 17.3 Å². The lowest BCUT2D eigenvalue weighted by atomic mass is 9.85. The third-order valence-corrected chi connectivity index (χ3v) is 6.94. The fourth-order valence-corrected chi connectivity index (χ4v) is 4.81. The zero-order valence-corrected chi connectivity index (χ0v) is 22.2. The van der Waals surface area contributed by atoms with Crippen LogP contribution in [-0.2, 0) is 30.4 Å². The summed E-state index contributed by atoms with van der Waals surface area (Å²) >= 11 is 0. The first-order valence-electron chi connectivity index (χ1n) is 13.0. The van der Waals surface area contributed by atoms with Crippen molar-refractivity contribution in [1.82, 2.24) is 16.0 Å². The molecule has 1 fully saturated rings. The van der Waals surface area contributed by atoms with Crippen molar-refractivity contribution in [3.63, 3.8) is 0 Å². The van der Waals surface area contributed by atoms with E-state index in [-0.39, 0.29) is 24.7 Å². The third-order valence-electron chi connectivity index (χ3n) is 6.94. The highest BCUT2D eigenvalue weighted by Gasteiger charge is 2.46. The minimum absolute atomic E-state index is 0.0669. The number of rotatable bonds is 10. The number of carbonyl (C=O) groups excluding carboxylic acids is 5. The van der Waals surface area contributed by atoms with Crippen LogP contribution in [-0.4, -0.2) is 48.7 Å². The second-order valence-electron chi connectivity index (χ2n) is 10.2. The summed E-state index contributed by atoms with van der Waals surface area (Å²) in [6.07, 6.45) is -0.0594. The summed E-state index contributed by atoms with van der Waals surface area (Å²) in [6, 6.07) is 12.8. The Labute approximate surface area is 226 Å². The molecule has 2 aliphatic rings. The van der Waals surface area contributed by atoms with E-state index in [0.717, 1.165) is 11.1 Å². The fraction of sp³-hybridized carbons (Fsp3) is 0.414. The van der Waals surface area contributed by atoms with Gasteiger partial charge >= 0.3 is 0 Å². The molecular formula is C29H33N3O7. The standard InChI is InChI=1S/C29H33N3O7/c1-16(2)26(27(35)25-17(3)28(36)32-29(25)37)31-24(34)15-20(19-7-5-4-6-8-19)30-23(33)14-18-9-10-21-22(13-18)39-12-11-38-21/h4-10,13,16-17,20,25-26H,11-12,14-15H2,1-3H3,(H,30,33)(H,31,34)(H,32,36,37)/t17-,20?,25+,26-/m0/s1. The van der Waals surface area contributed by atoms with E-state index in [0.29, 0.717) is 24.7 Å². The monoisotopic (exact) mass is 535 g/mol. The first-order chi connectivity index (χ1) is 18.6. The minimum Gasteiger partial charge on any atom is -0.486 e. The number of carbonyl (C=O) groups is 5. The molecule has 0 aliphatic carbocycles. The van der Waals surface area contributed by atoms with Crippen LogP contribution in [0.2, 0.25) is 0 Å². The van der Waals surface area contributed by atoms with Crippen LogP contribution in [0.4, 0.5) is 0 Å². The Morgan fingerprint density at radius 3 is 2.26 bits per heavy atom. The zero-order chi connectivity index (χ0) is 28.1. The van der Waals surface area contributed by atoms with Crippen LogP contribution in [0.15, 0.2) is 48.5 Å². The topological polar surface area (TPSA) is 140 Å². The van der Waals surface area contributed by atoms with Gasteiger partial charge < -0.3 is 20.1 Å². The van der Waals surface area contributed by atoms with Crippen molar-refractivity contribution < 1.29 is 33.4 Å². The molecule has 4 amide bonds. The summed E-state index contributed by atoms with van der Waals surface area (Å²) in [5.74, 6) is -3.48. The second-order valence-corrected chi connectivity index (χ2v) is 10.2. The van der Waals surface area contributed by atoms with Gasteiger partial charge in [-0.3, -0.25) is 29.3 Å². The van der Waals surface area contributed by atoms with E-state index in [1.54, 1.807) is 32.0 Å². The van der Waals surface area contributed by atoms with Crippen molar-refractivity contribution >= 4 is 29.4 Å². The van der Waals surface area contributed by atoms with Gasteiger partial charge in [0.25, 0.3) is 0 Å². The lowest BCUT2D eigenvalue weighted by Crippen LogP contribution is -2.49. The maximum absolute atomic E-state index is 13.2. The van der Waals surface area contributed by atoms with E-state index in [2.05, 4.69) is 16.0 Å². The molecule has 2 heterocycles. The highest BCUT2D eigenvalue weighted by atomic mass is 16.6. The van der Waals surface area contributed by atoms with E-state index in [1.807, 2.05) is 30.3 Å². The van der Waals surface area contributed by atoms with Crippen molar-refractivity contribution in [2.45, 2.75) is 45.7 Å². The Bertz CT molecular complexity index is 1260. The molecule has 2 aliphatic heterocycles. The fourth-order valence-electron chi connectivity index (χ4n) is 4.81. The number of amides is 4. The van der Waals surface area contributed by atoms with E-state index in [4.69, 9.17) is 9.47 Å². The van der Waals surface area contributed by atoms with Crippen LogP contribution < -0.4 is 25.4 Å². The highest BCUT2D eigenvalue weighted by Crippen LogP contribution is 2.31. The Morgan fingerprint density at radius 1 is 0.923 bits per heavy atom. The SMILES string of the molecule is CC(C)[C@H](NC(=O)CC(NC(=O)Cc1ccc2c(c1)OCCO2)c1ccccc1)C(=O)[C@@H]1C(=O)NC(=O)[C@H]1C. The molecule has 1 saturated heterocycles. The van der Waals surface area contributed by atoms with Gasteiger partial charge in [0.1, 0.15) is 19.1 Å². The molecule has 0 aromatic heterocycles. The third kappa shape index (κ3) is 6.63. The second kappa shape index (κ2) is 12.1. The highest BCUT2D eigenvalue weighted by molar-refractivity contribution is 6.16. The van der Waals surface area contributed by atoms with Gasteiger partial charge in [-0.1, -0.05) is 57.2 Å². The molecule has 0 bridgehead atoms. The molecule has 10 heteroatoms. The van der Waals surface area contributed by atoms with E-state index >= 15 is 0 Å². The largest absolute Gasteiger partial charge is 0.486 e. The van der Waals surface area contributed by atoms with E-state index in [9.17, 15) is 24.0 Å². The average Bonchev–Trinajstić information content (AvgIpc) is 3.17. The Kier molecular flexibility index (Phi) is 8.63. The molecule has 2 aromatic carbocycles. The van der Waals surface area contributed by atoms with E-state index in [1.165, 1.54) is 6.92 Å². The van der Waals surface area contributed by atoms with Crippen molar-refractivity contribution in [2.24, 2.45) is 17.8 Å². The van der Waals surface area contributed by atoms with Crippen molar-refractivity contribution in [3.05, 3.63) is 59.7 Å².